The zero-order chi connectivity index (χ0) is 21.3. The maximum Gasteiger partial charge on any atom is 0.257 e. The standard InChI is InChI=1S/C23H27N5O2/c1-3-23(11-5-4-6-12-23)27-22(30)18-14-25-28(20(18)24)19-13-16(8-7-15(19)2)21(29)26-17-9-10-17/h1,7-8,13-14,17H,4-6,9-12,24H2,2H3,(H,26,29)(H,27,30). The van der Waals surface area contributed by atoms with E-state index in [0.717, 1.165) is 50.5 Å². The molecule has 1 aromatic heterocycles. The Morgan fingerprint density at radius 3 is 2.63 bits per heavy atom. The summed E-state index contributed by atoms with van der Waals surface area (Å²) in [5, 5.41) is 10.3. The van der Waals surface area contributed by atoms with Crippen molar-refractivity contribution in [3.8, 4) is 18.0 Å². The third kappa shape index (κ3) is 3.90. The van der Waals surface area contributed by atoms with Crippen molar-refractivity contribution in [2.24, 2.45) is 0 Å². The van der Waals surface area contributed by atoms with Crippen molar-refractivity contribution in [2.45, 2.75) is 63.5 Å². The van der Waals surface area contributed by atoms with Gasteiger partial charge in [-0.25, -0.2) is 4.68 Å². The lowest BCUT2D eigenvalue weighted by Gasteiger charge is -2.33. The van der Waals surface area contributed by atoms with Crippen molar-refractivity contribution in [1.82, 2.24) is 20.4 Å². The van der Waals surface area contributed by atoms with Crippen molar-refractivity contribution < 1.29 is 9.59 Å². The Balaban J connectivity index is 1.59. The van der Waals surface area contributed by atoms with E-state index in [1.165, 1.54) is 10.9 Å². The molecule has 4 rings (SSSR count). The van der Waals surface area contributed by atoms with E-state index >= 15 is 0 Å². The lowest BCUT2D eigenvalue weighted by Crippen LogP contribution is -2.48. The molecule has 7 heteroatoms. The number of anilines is 1. The van der Waals surface area contributed by atoms with Crippen molar-refractivity contribution in [1.29, 1.82) is 0 Å². The Hall–Kier alpha value is -3.27. The predicted molar refractivity (Wildman–Crippen MR) is 115 cm³/mol. The molecule has 1 heterocycles. The zero-order valence-electron chi connectivity index (χ0n) is 17.2. The number of hydrogen-bond acceptors (Lipinski definition) is 4. The lowest BCUT2D eigenvalue weighted by atomic mass is 9.82. The van der Waals surface area contributed by atoms with Crippen LogP contribution in [0, 0.1) is 19.3 Å². The van der Waals surface area contributed by atoms with Crippen LogP contribution in [-0.4, -0.2) is 33.2 Å². The number of amides is 2. The van der Waals surface area contributed by atoms with Crippen molar-refractivity contribution >= 4 is 17.6 Å². The predicted octanol–water partition coefficient (Wildman–Crippen LogP) is 2.72. The molecule has 2 saturated carbocycles. The maximum atomic E-state index is 12.9. The molecule has 0 unspecified atom stereocenters. The van der Waals surface area contributed by atoms with Gasteiger partial charge in [-0.05, 0) is 50.3 Å². The minimum Gasteiger partial charge on any atom is -0.383 e. The topological polar surface area (TPSA) is 102 Å². The van der Waals surface area contributed by atoms with E-state index in [9.17, 15) is 9.59 Å². The van der Waals surface area contributed by atoms with Crippen molar-refractivity contribution in [3.63, 3.8) is 0 Å². The Bertz CT molecular complexity index is 1020. The van der Waals surface area contributed by atoms with Crippen LogP contribution in [0.1, 0.15) is 71.2 Å². The van der Waals surface area contributed by atoms with Crippen LogP contribution in [-0.2, 0) is 0 Å². The molecule has 0 saturated heterocycles. The number of hydrogen-bond donors (Lipinski definition) is 3. The summed E-state index contributed by atoms with van der Waals surface area (Å²) < 4.78 is 1.50. The molecule has 156 valence electrons. The quantitative estimate of drug-likeness (QED) is 0.666. The molecule has 0 atom stereocenters. The van der Waals surface area contributed by atoms with Crippen LogP contribution in [0.25, 0.3) is 5.69 Å². The first-order valence-electron chi connectivity index (χ1n) is 10.5. The van der Waals surface area contributed by atoms with Gasteiger partial charge in [0.15, 0.2) is 0 Å². The second kappa shape index (κ2) is 7.86. The second-order valence-electron chi connectivity index (χ2n) is 8.35. The number of terminal acetylenes is 1. The van der Waals surface area contributed by atoms with Gasteiger partial charge in [-0.1, -0.05) is 31.2 Å². The average molecular weight is 406 g/mol. The van der Waals surface area contributed by atoms with Gasteiger partial charge in [0.25, 0.3) is 11.8 Å². The highest BCUT2D eigenvalue weighted by molar-refractivity contribution is 5.99. The van der Waals surface area contributed by atoms with Crippen LogP contribution in [0.5, 0.6) is 0 Å². The SMILES string of the molecule is C#CC1(NC(=O)c2cnn(-c3cc(C(=O)NC4CC4)ccc3C)c2N)CCCCC1. The first kappa shape index (κ1) is 20.0. The van der Waals surface area contributed by atoms with Crippen LogP contribution in [0.15, 0.2) is 24.4 Å². The number of aryl methyl sites for hydroxylation is 1. The molecule has 2 fully saturated rings. The van der Waals surface area contributed by atoms with E-state index in [4.69, 9.17) is 12.2 Å². The molecule has 1 aromatic carbocycles. The summed E-state index contributed by atoms with van der Waals surface area (Å²) >= 11 is 0. The number of nitrogens with two attached hydrogens (primary N) is 1. The third-order valence-electron chi connectivity index (χ3n) is 6.00. The zero-order valence-corrected chi connectivity index (χ0v) is 17.2. The highest BCUT2D eigenvalue weighted by atomic mass is 16.2. The van der Waals surface area contributed by atoms with Gasteiger partial charge in [0.05, 0.1) is 11.9 Å². The fourth-order valence-electron chi connectivity index (χ4n) is 3.95. The Labute approximate surface area is 176 Å². The van der Waals surface area contributed by atoms with Gasteiger partial charge >= 0.3 is 0 Å². The van der Waals surface area contributed by atoms with E-state index in [1.807, 2.05) is 13.0 Å². The Morgan fingerprint density at radius 2 is 1.97 bits per heavy atom. The van der Waals surface area contributed by atoms with Crippen molar-refractivity contribution in [3.05, 3.63) is 41.1 Å². The monoisotopic (exact) mass is 405 g/mol. The van der Waals surface area contributed by atoms with Crippen LogP contribution in [0.3, 0.4) is 0 Å². The smallest absolute Gasteiger partial charge is 0.257 e. The molecule has 0 bridgehead atoms. The number of benzene rings is 1. The summed E-state index contributed by atoms with van der Waals surface area (Å²) in [5.74, 6) is 2.57. The summed E-state index contributed by atoms with van der Waals surface area (Å²) in [5.41, 5.74) is 8.06. The highest BCUT2D eigenvalue weighted by Crippen LogP contribution is 2.29. The number of rotatable bonds is 5. The number of aromatic nitrogens is 2. The largest absolute Gasteiger partial charge is 0.383 e. The van der Waals surface area contributed by atoms with E-state index in [2.05, 4.69) is 21.7 Å². The molecule has 30 heavy (non-hydrogen) atoms. The number of nitrogens with zero attached hydrogens (tertiary/aromatic N) is 2. The molecule has 0 radical (unpaired) electrons. The molecule has 0 spiro atoms. The van der Waals surface area contributed by atoms with Gasteiger partial charge in [0.1, 0.15) is 16.9 Å². The number of carbonyl (C=O) groups excluding carboxylic acids is 2. The van der Waals surface area contributed by atoms with Crippen LogP contribution >= 0.6 is 0 Å². The van der Waals surface area contributed by atoms with E-state index in [0.29, 0.717) is 11.3 Å². The number of nitrogen functional groups attached to an aromatic ring is 1. The molecule has 4 N–H and O–H groups in total. The molecular formula is C23H27N5O2. The van der Waals surface area contributed by atoms with Gasteiger partial charge in [0, 0.05) is 11.6 Å². The average Bonchev–Trinajstić information content (AvgIpc) is 3.48. The van der Waals surface area contributed by atoms with Crippen LogP contribution in [0.4, 0.5) is 5.82 Å². The van der Waals surface area contributed by atoms with Crippen LogP contribution in [0.2, 0.25) is 0 Å². The van der Waals surface area contributed by atoms with Gasteiger partial charge in [-0.15, -0.1) is 6.42 Å². The lowest BCUT2D eigenvalue weighted by molar-refractivity contribution is 0.0903. The van der Waals surface area contributed by atoms with Gasteiger partial charge in [-0.3, -0.25) is 9.59 Å². The molecule has 2 amide bonds. The maximum absolute atomic E-state index is 12.9. The third-order valence-corrected chi connectivity index (χ3v) is 6.00. The summed E-state index contributed by atoms with van der Waals surface area (Å²) in [4.78, 5) is 25.3. The number of carbonyl (C=O) groups is 2. The van der Waals surface area contributed by atoms with Gasteiger partial charge in [0.2, 0.25) is 0 Å². The number of nitrogens with one attached hydrogen (secondary N) is 2. The first-order valence-corrected chi connectivity index (χ1v) is 10.5. The molecular weight excluding hydrogens is 378 g/mol. The van der Waals surface area contributed by atoms with E-state index in [-0.39, 0.29) is 29.2 Å². The first-order chi connectivity index (χ1) is 14.4. The highest BCUT2D eigenvalue weighted by Gasteiger charge is 2.33. The Morgan fingerprint density at radius 1 is 1.23 bits per heavy atom. The summed E-state index contributed by atoms with van der Waals surface area (Å²) in [6, 6.07) is 5.66. The molecule has 7 nitrogen and oxygen atoms in total. The summed E-state index contributed by atoms with van der Waals surface area (Å²) in [6.07, 6.45) is 13.9. The minimum absolute atomic E-state index is 0.115. The fourth-order valence-corrected chi connectivity index (χ4v) is 3.95. The summed E-state index contributed by atoms with van der Waals surface area (Å²) in [6.45, 7) is 1.91. The van der Waals surface area contributed by atoms with Crippen molar-refractivity contribution in [2.75, 3.05) is 5.73 Å². The molecule has 2 aliphatic rings. The van der Waals surface area contributed by atoms with E-state index < -0.39 is 5.54 Å². The summed E-state index contributed by atoms with van der Waals surface area (Å²) in [7, 11) is 0. The minimum atomic E-state index is -0.624. The van der Waals surface area contributed by atoms with E-state index in [1.54, 1.807) is 12.1 Å². The molecule has 2 aromatic rings. The Kier molecular flexibility index (Phi) is 5.25. The van der Waals surface area contributed by atoms with Gasteiger partial charge < -0.3 is 16.4 Å². The fraction of sp³-hybridized carbons (Fsp3) is 0.435. The van der Waals surface area contributed by atoms with Gasteiger partial charge in [-0.2, -0.15) is 5.10 Å². The second-order valence-corrected chi connectivity index (χ2v) is 8.35. The molecule has 0 aliphatic heterocycles. The normalized spacial score (nSPS) is 17.7. The molecule has 2 aliphatic carbocycles. The van der Waals surface area contributed by atoms with Crippen LogP contribution < -0.4 is 16.4 Å².